The molecule has 3 heterocycles. The first-order valence-electron chi connectivity index (χ1n) is 7.64. The van der Waals surface area contributed by atoms with Crippen LogP contribution in [0.15, 0.2) is 12.7 Å². The molecule has 2 saturated heterocycles. The topological polar surface area (TPSA) is 60.2 Å². The van der Waals surface area contributed by atoms with Gasteiger partial charge in [-0.2, -0.15) is 5.10 Å². The van der Waals surface area contributed by atoms with Crippen LogP contribution in [0.2, 0.25) is 0 Å². The predicted octanol–water partition coefficient (Wildman–Crippen LogP) is 2.46. The Balaban J connectivity index is 1.80. The van der Waals surface area contributed by atoms with Crippen molar-refractivity contribution in [3.05, 3.63) is 12.7 Å². The SMILES string of the molecule is CC1CC2CC(Cn3cncn3)(C1)N2C(=O)OC(C)(C)C. The van der Waals surface area contributed by atoms with Gasteiger partial charge < -0.3 is 4.74 Å². The summed E-state index contributed by atoms with van der Waals surface area (Å²) in [7, 11) is 0. The van der Waals surface area contributed by atoms with Crippen LogP contribution in [-0.4, -0.2) is 42.9 Å². The third-order valence-corrected chi connectivity index (χ3v) is 4.41. The molecule has 3 unspecified atom stereocenters. The molecule has 0 aromatic carbocycles. The summed E-state index contributed by atoms with van der Waals surface area (Å²) in [5, 5.41) is 4.20. The van der Waals surface area contributed by atoms with Crippen molar-refractivity contribution in [1.29, 1.82) is 0 Å². The molecule has 1 amide bonds. The Kier molecular flexibility index (Phi) is 3.22. The molecule has 0 radical (unpaired) electrons. The molecule has 1 aromatic heterocycles. The Morgan fingerprint density at radius 2 is 2.19 bits per heavy atom. The fourth-order valence-corrected chi connectivity index (χ4v) is 3.94. The van der Waals surface area contributed by atoms with E-state index in [0.717, 1.165) is 19.3 Å². The van der Waals surface area contributed by atoms with Gasteiger partial charge in [0.2, 0.25) is 0 Å². The van der Waals surface area contributed by atoms with Crippen LogP contribution in [0.5, 0.6) is 0 Å². The van der Waals surface area contributed by atoms with E-state index in [-0.39, 0.29) is 11.6 Å². The lowest BCUT2D eigenvalue weighted by molar-refractivity contribution is -0.131. The van der Waals surface area contributed by atoms with Crippen LogP contribution in [0.3, 0.4) is 0 Å². The Morgan fingerprint density at radius 1 is 1.43 bits per heavy atom. The van der Waals surface area contributed by atoms with Gasteiger partial charge in [-0.1, -0.05) is 6.92 Å². The van der Waals surface area contributed by atoms with Gasteiger partial charge in [0.1, 0.15) is 18.3 Å². The average Bonchev–Trinajstić information content (AvgIpc) is 2.77. The second kappa shape index (κ2) is 4.71. The van der Waals surface area contributed by atoms with Gasteiger partial charge in [0.05, 0.1) is 12.1 Å². The summed E-state index contributed by atoms with van der Waals surface area (Å²) in [6, 6.07) is 0.312. The standard InChI is InChI=1S/C15H24N4O2/c1-11-5-12-7-15(6-11,8-18-10-16-9-17-18)19(12)13(20)21-14(2,3)4/h9-12H,5-8H2,1-4H3. The summed E-state index contributed by atoms with van der Waals surface area (Å²) in [5.74, 6) is 0.631. The molecule has 0 N–H and O–H groups in total. The van der Waals surface area contributed by atoms with Crippen LogP contribution >= 0.6 is 0 Å². The van der Waals surface area contributed by atoms with Crippen LogP contribution in [0.4, 0.5) is 4.79 Å². The molecule has 1 saturated carbocycles. The summed E-state index contributed by atoms with van der Waals surface area (Å²) in [4.78, 5) is 18.5. The van der Waals surface area contributed by atoms with E-state index >= 15 is 0 Å². The zero-order valence-electron chi connectivity index (χ0n) is 13.2. The Bertz CT molecular complexity index is 522. The molecule has 3 fully saturated rings. The maximum Gasteiger partial charge on any atom is 0.411 e. The van der Waals surface area contributed by atoms with Gasteiger partial charge >= 0.3 is 6.09 Å². The molecular formula is C15H24N4O2. The number of carbonyl (C=O) groups is 1. The summed E-state index contributed by atoms with van der Waals surface area (Å²) in [6.07, 6.45) is 6.17. The van der Waals surface area contributed by atoms with E-state index in [9.17, 15) is 4.79 Å². The highest BCUT2D eigenvalue weighted by atomic mass is 16.6. The summed E-state index contributed by atoms with van der Waals surface area (Å²) >= 11 is 0. The molecule has 1 aliphatic carbocycles. The highest BCUT2D eigenvalue weighted by Crippen LogP contribution is 2.51. The molecule has 1 aromatic rings. The summed E-state index contributed by atoms with van der Waals surface area (Å²) in [6.45, 7) is 8.69. The predicted molar refractivity (Wildman–Crippen MR) is 77.6 cm³/mol. The molecule has 6 nitrogen and oxygen atoms in total. The lowest BCUT2D eigenvalue weighted by atomic mass is 9.64. The third kappa shape index (κ3) is 2.63. The van der Waals surface area contributed by atoms with Gasteiger partial charge in [-0.25, -0.2) is 9.78 Å². The van der Waals surface area contributed by atoms with E-state index in [2.05, 4.69) is 17.0 Å². The molecule has 0 spiro atoms. The molecule has 2 aliphatic heterocycles. The summed E-state index contributed by atoms with van der Waals surface area (Å²) in [5.41, 5.74) is -0.612. The zero-order chi connectivity index (χ0) is 15.3. The van der Waals surface area contributed by atoms with Crippen LogP contribution < -0.4 is 0 Å². The first-order chi connectivity index (χ1) is 9.79. The van der Waals surface area contributed by atoms with Crippen molar-refractivity contribution in [3.63, 3.8) is 0 Å². The number of piperidine rings is 1. The Morgan fingerprint density at radius 3 is 2.81 bits per heavy atom. The van der Waals surface area contributed by atoms with E-state index in [4.69, 9.17) is 4.74 Å². The van der Waals surface area contributed by atoms with Crippen LogP contribution in [0, 0.1) is 5.92 Å². The number of hydrogen-bond acceptors (Lipinski definition) is 4. The second-order valence-corrected chi connectivity index (χ2v) is 7.57. The van der Waals surface area contributed by atoms with E-state index in [1.54, 1.807) is 6.33 Å². The molecule has 21 heavy (non-hydrogen) atoms. The number of amides is 1. The smallest absolute Gasteiger partial charge is 0.411 e. The number of nitrogens with zero attached hydrogens (tertiary/aromatic N) is 4. The monoisotopic (exact) mass is 292 g/mol. The molecular weight excluding hydrogens is 268 g/mol. The first kappa shape index (κ1) is 14.4. The maximum absolute atomic E-state index is 12.6. The van der Waals surface area contributed by atoms with E-state index < -0.39 is 5.60 Å². The zero-order valence-corrected chi connectivity index (χ0v) is 13.2. The van der Waals surface area contributed by atoms with Gasteiger partial charge in [-0.3, -0.25) is 9.58 Å². The first-order valence-corrected chi connectivity index (χ1v) is 7.64. The fourth-order valence-electron chi connectivity index (χ4n) is 3.94. The van der Waals surface area contributed by atoms with Crippen molar-refractivity contribution in [3.8, 4) is 0 Å². The molecule has 116 valence electrons. The van der Waals surface area contributed by atoms with Crippen molar-refractivity contribution < 1.29 is 9.53 Å². The normalized spacial score (nSPS) is 31.7. The number of carbonyl (C=O) groups excluding carboxylic acids is 1. The molecule has 4 rings (SSSR count). The van der Waals surface area contributed by atoms with Crippen molar-refractivity contribution in [2.45, 2.75) is 70.7 Å². The fraction of sp³-hybridized carbons (Fsp3) is 0.800. The lowest BCUT2D eigenvalue weighted by Crippen LogP contribution is -2.73. The van der Waals surface area contributed by atoms with Gasteiger partial charge in [-0.15, -0.1) is 0 Å². The van der Waals surface area contributed by atoms with Crippen molar-refractivity contribution in [2.24, 2.45) is 5.92 Å². The second-order valence-electron chi connectivity index (χ2n) is 7.57. The van der Waals surface area contributed by atoms with E-state index in [0.29, 0.717) is 18.5 Å². The summed E-state index contributed by atoms with van der Waals surface area (Å²) < 4.78 is 7.42. The van der Waals surface area contributed by atoms with Crippen LogP contribution in [0.25, 0.3) is 0 Å². The number of ether oxygens (including phenoxy) is 1. The maximum atomic E-state index is 12.6. The number of fused-ring (bicyclic) bond motifs is 2. The van der Waals surface area contributed by atoms with Crippen LogP contribution in [0.1, 0.15) is 47.0 Å². The molecule has 2 bridgehead atoms. The van der Waals surface area contributed by atoms with Crippen molar-refractivity contribution >= 4 is 6.09 Å². The van der Waals surface area contributed by atoms with Crippen molar-refractivity contribution in [2.75, 3.05) is 0 Å². The number of rotatable bonds is 2. The van der Waals surface area contributed by atoms with Gasteiger partial charge in [0, 0.05) is 6.04 Å². The lowest BCUT2D eigenvalue weighted by Gasteiger charge is -2.63. The largest absolute Gasteiger partial charge is 0.444 e. The minimum absolute atomic E-state index is 0.154. The Hall–Kier alpha value is -1.59. The highest BCUT2D eigenvalue weighted by Gasteiger charge is 2.59. The molecule has 3 atom stereocenters. The van der Waals surface area contributed by atoms with Gasteiger partial charge in [0.15, 0.2) is 0 Å². The van der Waals surface area contributed by atoms with Gasteiger partial charge in [0.25, 0.3) is 0 Å². The minimum Gasteiger partial charge on any atom is -0.444 e. The van der Waals surface area contributed by atoms with Crippen molar-refractivity contribution in [1.82, 2.24) is 19.7 Å². The van der Waals surface area contributed by atoms with Gasteiger partial charge in [-0.05, 0) is 46.0 Å². The van der Waals surface area contributed by atoms with E-state index in [1.165, 1.54) is 6.33 Å². The highest BCUT2D eigenvalue weighted by molar-refractivity contribution is 5.71. The third-order valence-electron chi connectivity index (χ3n) is 4.41. The minimum atomic E-state index is -0.457. The average molecular weight is 292 g/mol. The number of aromatic nitrogens is 3. The van der Waals surface area contributed by atoms with E-state index in [1.807, 2.05) is 30.4 Å². The quantitative estimate of drug-likeness (QED) is 0.840. The molecule has 3 aliphatic rings. The van der Waals surface area contributed by atoms with Crippen LogP contribution in [-0.2, 0) is 11.3 Å². The number of hydrogen-bond donors (Lipinski definition) is 0. The molecule has 6 heteroatoms. The Labute approximate surface area is 125 Å².